The van der Waals surface area contributed by atoms with Crippen LogP contribution in [0.2, 0.25) is 0 Å². The minimum Gasteiger partial charge on any atom is -0.378 e. The van der Waals surface area contributed by atoms with Crippen molar-refractivity contribution in [2.24, 2.45) is 10.7 Å². The normalized spacial score (nSPS) is 23.0. The number of aromatic nitrogens is 1. The van der Waals surface area contributed by atoms with Crippen LogP contribution in [0, 0.1) is 11.6 Å². The quantitative estimate of drug-likeness (QED) is 0.806. The van der Waals surface area contributed by atoms with Gasteiger partial charge in [0.25, 0.3) is 5.91 Å². The molecule has 0 radical (unpaired) electrons. The fourth-order valence-electron chi connectivity index (χ4n) is 3.91. The summed E-state index contributed by atoms with van der Waals surface area (Å²) in [6, 6.07) is 6.77. The first-order valence-electron chi connectivity index (χ1n) is 9.06. The number of benzene rings is 1. The van der Waals surface area contributed by atoms with Gasteiger partial charge >= 0.3 is 0 Å². The second kappa shape index (κ2) is 6.84. The average Bonchev–Trinajstić information content (AvgIpc) is 2.62. The molecule has 1 aromatic carbocycles. The van der Waals surface area contributed by atoms with Gasteiger partial charge in [-0.3, -0.25) is 9.79 Å². The molecule has 2 aliphatic rings. The van der Waals surface area contributed by atoms with Gasteiger partial charge in [0.1, 0.15) is 17.5 Å². The molecule has 2 aromatic rings. The lowest BCUT2D eigenvalue weighted by Gasteiger charge is -2.48. The van der Waals surface area contributed by atoms with Gasteiger partial charge in [-0.25, -0.2) is 13.8 Å². The molecular weight excluding hydrogens is 382 g/mol. The van der Waals surface area contributed by atoms with E-state index in [1.807, 2.05) is 6.92 Å². The Balaban J connectivity index is 1.64. The maximum absolute atomic E-state index is 14.7. The van der Waals surface area contributed by atoms with Crippen LogP contribution in [-0.2, 0) is 5.54 Å². The van der Waals surface area contributed by atoms with E-state index in [0.717, 1.165) is 25.5 Å². The van der Waals surface area contributed by atoms with Crippen LogP contribution in [0.5, 0.6) is 0 Å². The highest BCUT2D eigenvalue weighted by Gasteiger charge is 2.49. The number of rotatable bonds is 3. The highest BCUT2D eigenvalue weighted by molar-refractivity contribution is 8.15. The van der Waals surface area contributed by atoms with Crippen LogP contribution in [0.1, 0.15) is 48.5 Å². The molecular formula is C20H20F2N4OS. The second-order valence-corrected chi connectivity index (χ2v) is 9.04. The molecule has 0 saturated heterocycles. The van der Waals surface area contributed by atoms with E-state index in [1.54, 1.807) is 11.8 Å². The van der Waals surface area contributed by atoms with E-state index in [0.29, 0.717) is 17.2 Å². The second-order valence-electron chi connectivity index (χ2n) is 7.55. The van der Waals surface area contributed by atoms with Crippen molar-refractivity contribution in [3.8, 4) is 0 Å². The van der Waals surface area contributed by atoms with E-state index in [2.05, 4.69) is 15.3 Å². The predicted molar refractivity (Wildman–Crippen MR) is 106 cm³/mol. The van der Waals surface area contributed by atoms with Gasteiger partial charge in [0, 0.05) is 15.9 Å². The summed E-state index contributed by atoms with van der Waals surface area (Å²) in [5.41, 5.74) is 5.86. The van der Waals surface area contributed by atoms with Crippen LogP contribution >= 0.6 is 11.8 Å². The first-order chi connectivity index (χ1) is 13.3. The third-order valence-electron chi connectivity index (χ3n) is 5.39. The maximum Gasteiger partial charge on any atom is 0.256 e. The monoisotopic (exact) mass is 402 g/mol. The Morgan fingerprint density at radius 2 is 2.04 bits per heavy atom. The van der Waals surface area contributed by atoms with Crippen molar-refractivity contribution < 1.29 is 13.6 Å². The van der Waals surface area contributed by atoms with E-state index in [1.165, 1.54) is 30.3 Å². The zero-order chi connectivity index (χ0) is 19.9. The number of nitrogens with one attached hydrogen (secondary N) is 1. The SMILES string of the molecule is CC1(c2cc(C(=O)Nc3ccc(F)cn3)ccc2F)CC2(CCC2)SC(N)=N1. The molecule has 1 spiro atoms. The van der Waals surface area contributed by atoms with E-state index in [-0.39, 0.29) is 16.1 Å². The summed E-state index contributed by atoms with van der Waals surface area (Å²) < 4.78 is 27.7. The largest absolute Gasteiger partial charge is 0.378 e. The molecule has 146 valence electrons. The van der Waals surface area contributed by atoms with E-state index in [4.69, 9.17) is 5.73 Å². The number of nitrogens with two attached hydrogens (primary N) is 1. The Labute approximate surface area is 165 Å². The highest BCUT2D eigenvalue weighted by atomic mass is 32.2. The van der Waals surface area contributed by atoms with Crippen molar-refractivity contribution in [2.45, 2.75) is 42.9 Å². The van der Waals surface area contributed by atoms with Crippen molar-refractivity contribution >= 4 is 28.7 Å². The summed E-state index contributed by atoms with van der Waals surface area (Å²) in [4.78, 5) is 20.9. The molecule has 1 aromatic heterocycles. The van der Waals surface area contributed by atoms with Crippen LogP contribution in [-0.4, -0.2) is 20.8 Å². The van der Waals surface area contributed by atoms with Crippen LogP contribution < -0.4 is 11.1 Å². The lowest BCUT2D eigenvalue weighted by atomic mass is 9.73. The molecule has 1 saturated carbocycles. The summed E-state index contributed by atoms with van der Waals surface area (Å²) in [5, 5.41) is 3.05. The summed E-state index contributed by atoms with van der Waals surface area (Å²) >= 11 is 1.58. The zero-order valence-electron chi connectivity index (χ0n) is 15.3. The third kappa shape index (κ3) is 3.48. The highest BCUT2D eigenvalue weighted by Crippen LogP contribution is 2.55. The summed E-state index contributed by atoms with van der Waals surface area (Å²) in [5.74, 6) is -1.15. The smallest absolute Gasteiger partial charge is 0.256 e. The number of anilines is 1. The van der Waals surface area contributed by atoms with Crippen molar-refractivity contribution in [3.05, 3.63) is 59.3 Å². The molecule has 1 unspecified atom stereocenters. The first kappa shape index (κ1) is 18.9. The number of nitrogens with zero attached hydrogens (tertiary/aromatic N) is 2. The Kier molecular flexibility index (Phi) is 4.61. The van der Waals surface area contributed by atoms with Crippen LogP contribution in [0.15, 0.2) is 41.5 Å². The molecule has 8 heteroatoms. The topological polar surface area (TPSA) is 80.4 Å². The van der Waals surface area contributed by atoms with Gasteiger partial charge < -0.3 is 11.1 Å². The van der Waals surface area contributed by atoms with Crippen molar-refractivity contribution in [1.82, 2.24) is 4.98 Å². The predicted octanol–water partition coefficient (Wildman–Crippen LogP) is 4.20. The summed E-state index contributed by atoms with van der Waals surface area (Å²) in [7, 11) is 0. The van der Waals surface area contributed by atoms with Gasteiger partial charge in [0.2, 0.25) is 0 Å². The van der Waals surface area contributed by atoms with E-state index < -0.39 is 23.1 Å². The van der Waals surface area contributed by atoms with Crippen LogP contribution in [0.3, 0.4) is 0 Å². The molecule has 5 nitrogen and oxygen atoms in total. The fraction of sp³-hybridized carbons (Fsp3) is 0.350. The minimum atomic E-state index is -0.829. The molecule has 4 rings (SSSR count). The lowest BCUT2D eigenvalue weighted by molar-refractivity contribution is 0.102. The molecule has 1 aliphatic heterocycles. The van der Waals surface area contributed by atoms with Gasteiger partial charge in [-0.15, -0.1) is 0 Å². The molecule has 28 heavy (non-hydrogen) atoms. The van der Waals surface area contributed by atoms with Gasteiger partial charge in [0.15, 0.2) is 5.17 Å². The number of hydrogen-bond donors (Lipinski definition) is 2. The van der Waals surface area contributed by atoms with Gasteiger partial charge in [0.05, 0.1) is 11.7 Å². The molecule has 1 fully saturated rings. The molecule has 1 aliphatic carbocycles. The van der Waals surface area contributed by atoms with Crippen LogP contribution in [0.4, 0.5) is 14.6 Å². The summed E-state index contributed by atoms with van der Waals surface area (Å²) in [6.45, 7) is 1.86. The van der Waals surface area contributed by atoms with Gasteiger partial charge in [-0.1, -0.05) is 18.2 Å². The maximum atomic E-state index is 14.7. The number of pyridine rings is 1. The Hall–Kier alpha value is -2.48. The Bertz CT molecular complexity index is 959. The van der Waals surface area contributed by atoms with Gasteiger partial charge in [-0.05, 0) is 56.5 Å². The number of carbonyl (C=O) groups is 1. The minimum absolute atomic E-state index is 0.00329. The standard InChI is InChI=1S/C20H20F2N4OS/c1-19(11-20(7-2-8-20)28-18(23)26-19)14-9-12(3-5-15(14)22)17(27)25-16-6-4-13(21)10-24-16/h3-6,9-10H,2,7-8,11H2,1H3,(H2,23,26)(H,24,25,27). The molecule has 0 bridgehead atoms. The Morgan fingerprint density at radius 1 is 1.25 bits per heavy atom. The van der Waals surface area contributed by atoms with E-state index in [9.17, 15) is 13.6 Å². The van der Waals surface area contributed by atoms with Gasteiger partial charge in [-0.2, -0.15) is 0 Å². The average molecular weight is 402 g/mol. The number of carbonyl (C=O) groups excluding carboxylic acids is 1. The van der Waals surface area contributed by atoms with Crippen LogP contribution in [0.25, 0.3) is 0 Å². The number of halogens is 2. The molecule has 1 amide bonds. The number of amidine groups is 1. The van der Waals surface area contributed by atoms with Crippen molar-refractivity contribution in [2.75, 3.05) is 5.32 Å². The lowest BCUT2D eigenvalue weighted by Crippen LogP contribution is -2.46. The number of amides is 1. The van der Waals surface area contributed by atoms with E-state index >= 15 is 0 Å². The van der Waals surface area contributed by atoms with Crippen molar-refractivity contribution in [3.63, 3.8) is 0 Å². The zero-order valence-corrected chi connectivity index (χ0v) is 16.2. The van der Waals surface area contributed by atoms with Crippen molar-refractivity contribution in [1.29, 1.82) is 0 Å². The molecule has 3 N–H and O–H groups in total. The molecule has 2 heterocycles. The molecule has 1 atom stereocenters. The number of aliphatic imine (C=N–C) groups is 1. The fourth-order valence-corrected chi connectivity index (χ4v) is 5.45. The Morgan fingerprint density at radius 3 is 2.68 bits per heavy atom. The number of hydrogen-bond acceptors (Lipinski definition) is 5. The first-order valence-corrected chi connectivity index (χ1v) is 9.88. The number of thioether (sulfide) groups is 1. The summed E-state index contributed by atoms with van der Waals surface area (Å²) in [6.07, 6.45) is 4.88. The third-order valence-corrected chi connectivity index (χ3v) is 6.67.